The maximum Gasteiger partial charge on any atom is 0.374 e. The van der Waals surface area contributed by atoms with Gasteiger partial charge in [0, 0.05) is 11.5 Å². The van der Waals surface area contributed by atoms with Crippen LogP contribution in [0.4, 0.5) is 0 Å². The molecular formula is C14H17NO3. The Kier molecular flexibility index (Phi) is 1.98. The molecule has 0 radical (unpaired) electrons. The summed E-state index contributed by atoms with van der Waals surface area (Å²) in [5, 5.41) is 13.0. The summed E-state index contributed by atoms with van der Waals surface area (Å²) >= 11 is 0. The normalized spacial score (nSPS) is 41.2. The van der Waals surface area contributed by atoms with Crippen LogP contribution >= 0.6 is 0 Å². The third-order valence-electron chi connectivity index (χ3n) is 5.30. The zero-order valence-corrected chi connectivity index (χ0v) is 10.3. The highest BCUT2D eigenvalue weighted by Gasteiger charge is 2.53. The van der Waals surface area contributed by atoms with Crippen LogP contribution in [-0.4, -0.2) is 16.2 Å². The molecule has 1 heterocycles. The van der Waals surface area contributed by atoms with Crippen molar-refractivity contribution in [1.29, 1.82) is 0 Å². The number of aromatic nitrogens is 1. The minimum Gasteiger partial charge on any atom is -0.475 e. The van der Waals surface area contributed by atoms with E-state index in [0.717, 1.165) is 23.4 Å². The molecule has 0 unspecified atom stereocenters. The van der Waals surface area contributed by atoms with Crippen molar-refractivity contribution < 1.29 is 14.4 Å². The number of hydrogen-bond acceptors (Lipinski definition) is 3. The van der Waals surface area contributed by atoms with E-state index >= 15 is 0 Å². The Balaban J connectivity index is 1.72. The SMILES string of the molecule is O=C(O)c1cc(C23CC4CC(CC(C4)C2)C3)no1. The molecule has 4 aliphatic carbocycles. The molecule has 0 amide bonds. The van der Waals surface area contributed by atoms with Crippen molar-refractivity contribution in [3.8, 4) is 0 Å². The van der Waals surface area contributed by atoms with Crippen LogP contribution in [0.1, 0.15) is 54.8 Å². The highest BCUT2D eigenvalue weighted by atomic mass is 16.5. The summed E-state index contributed by atoms with van der Waals surface area (Å²) in [5.41, 5.74) is 1.03. The van der Waals surface area contributed by atoms with E-state index in [1.54, 1.807) is 6.07 Å². The van der Waals surface area contributed by atoms with Crippen LogP contribution in [0.15, 0.2) is 10.6 Å². The highest BCUT2D eigenvalue weighted by molar-refractivity contribution is 5.84. The molecule has 0 saturated heterocycles. The second-order valence-electron chi connectivity index (χ2n) is 6.58. The van der Waals surface area contributed by atoms with Gasteiger partial charge in [0.05, 0.1) is 5.69 Å². The molecule has 0 aliphatic heterocycles. The molecule has 4 heteroatoms. The van der Waals surface area contributed by atoms with Gasteiger partial charge in [0.1, 0.15) is 0 Å². The van der Waals surface area contributed by atoms with Crippen LogP contribution in [0.3, 0.4) is 0 Å². The van der Waals surface area contributed by atoms with Gasteiger partial charge in [-0.25, -0.2) is 4.79 Å². The average Bonchev–Trinajstić information content (AvgIpc) is 2.76. The predicted molar refractivity (Wildman–Crippen MR) is 63.3 cm³/mol. The number of nitrogens with zero attached hydrogens (tertiary/aromatic N) is 1. The van der Waals surface area contributed by atoms with E-state index in [9.17, 15) is 4.79 Å². The van der Waals surface area contributed by atoms with Crippen molar-refractivity contribution in [2.45, 2.75) is 43.9 Å². The Bertz CT molecular complexity index is 470. The zero-order chi connectivity index (χ0) is 12.3. The zero-order valence-electron chi connectivity index (χ0n) is 10.3. The number of carboxylic acid groups (broad SMARTS) is 1. The summed E-state index contributed by atoms with van der Waals surface area (Å²) < 4.78 is 4.97. The van der Waals surface area contributed by atoms with Gasteiger partial charge in [-0.1, -0.05) is 5.16 Å². The molecule has 0 atom stereocenters. The van der Waals surface area contributed by atoms with Crippen molar-refractivity contribution >= 4 is 5.97 Å². The summed E-state index contributed by atoms with van der Waals surface area (Å²) in [6.45, 7) is 0. The molecule has 1 aromatic rings. The molecule has 5 rings (SSSR count). The molecule has 96 valence electrons. The Labute approximate surface area is 105 Å². The Morgan fingerprint density at radius 2 is 1.78 bits per heavy atom. The molecule has 0 aromatic carbocycles. The van der Waals surface area contributed by atoms with E-state index in [1.165, 1.54) is 38.5 Å². The van der Waals surface area contributed by atoms with Crippen molar-refractivity contribution in [1.82, 2.24) is 5.16 Å². The van der Waals surface area contributed by atoms with Gasteiger partial charge < -0.3 is 9.63 Å². The predicted octanol–water partition coefficient (Wildman–Crippen LogP) is 2.84. The number of rotatable bonds is 2. The van der Waals surface area contributed by atoms with Gasteiger partial charge in [-0.05, 0) is 56.3 Å². The van der Waals surface area contributed by atoms with Crippen LogP contribution < -0.4 is 0 Å². The molecule has 0 spiro atoms. The standard InChI is InChI=1S/C14H17NO3/c16-13(17)11-4-12(15-18-11)14-5-8-1-9(6-14)3-10(2-8)7-14/h4,8-10H,1-3,5-7H2,(H,16,17). The monoisotopic (exact) mass is 247 g/mol. The summed E-state index contributed by atoms with van der Waals surface area (Å²) in [4.78, 5) is 10.9. The minimum atomic E-state index is -1.02. The molecule has 1 aromatic heterocycles. The van der Waals surface area contributed by atoms with E-state index in [4.69, 9.17) is 9.63 Å². The van der Waals surface area contributed by atoms with Gasteiger partial charge in [0.15, 0.2) is 0 Å². The number of carbonyl (C=O) groups is 1. The lowest BCUT2D eigenvalue weighted by atomic mass is 9.49. The van der Waals surface area contributed by atoms with Crippen molar-refractivity contribution in [2.75, 3.05) is 0 Å². The molecular weight excluding hydrogens is 230 g/mol. The molecule has 4 aliphatic rings. The van der Waals surface area contributed by atoms with Gasteiger partial charge in [0.2, 0.25) is 5.76 Å². The third kappa shape index (κ3) is 1.38. The van der Waals surface area contributed by atoms with Gasteiger partial charge in [0.25, 0.3) is 0 Å². The Morgan fingerprint density at radius 1 is 1.22 bits per heavy atom. The molecule has 1 N–H and O–H groups in total. The van der Waals surface area contributed by atoms with E-state index in [-0.39, 0.29) is 11.2 Å². The van der Waals surface area contributed by atoms with E-state index in [0.29, 0.717) is 0 Å². The highest BCUT2D eigenvalue weighted by Crippen LogP contribution is 2.60. The van der Waals surface area contributed by atoms with Crippen LogP contribution in [0, 0.1) is 17.8 Å². The third-order valence-corrected chi connectivity index (χ3v) is 5.30. The fourth-order valence-corrected chi connectivity index (χ4v) is 5.05. The first kappa shape index (κ1) is 10.6. The largest absolute Gasteiger partial charge is 0.475 e. The van der Waals surface area contributed by atoms with Gasteiger partial charge in [-0.15, -0.1) is 0 Å². The smallest absolute Gasteiger partial charge is 0.374 e. The summed E-state index contributed by atoms with van der Waals surface area (Å²) in [7, 11) is 0. The average molecular weight is 247 g/mol. The van der Waals surface area contributed by atoms with Crippen LogP contribution in [-0.2, 0) is 5.41 Å². The topological polar surface area (TPSA) is 63.3 Å². The van der Waals surface area contributed by atoms with Crippen molar-refractivity contribution in [3.63, 3.8) is 0 Å². The van der Waals surface area contributed by atoms with Crippen LogP contribution in [0.2, 0.25) is 0 Å². The number of aromatic carboxylic acids is 1. The number of carboxylic acids is 1. The molecule has 4 fully saturated rings. The molecule has 18 heavy (non-hydrogen) atoms. The number of hydrogen-bond donors (Lipinski definition) is 1. The van der Waals surface area contributed by atoms with Crippen LogP contribution in [0.5, 0.6) is 0 Å². The lowest BCUT2D eigenvalue weighted by molar-refractivity contribution is -0.00849. The van der Waals surface area contributed by atoms with E-state index in [2.05, 4.69) is 5.16 Å². The lowest BCUT2D eigenvalue weighted by Crippen LogP contribution is -2.48. The van der Waals surface area contributed by atoms with Crippen molar-refractivity contribution in [2.24, 2.45) is 17.8 Å². The van der Waals surface area contributed by atoms with Gasteiger partial charge in [-0.3, -0.25) is 0 Å². The first-order chi connectivity index (χ1) is 8.64. The quantitative estimate of drug-likeness (QED) is 0.872. The van der Waals surface area contributed by atoms with E-state index in [1.807, 2.05) is 0 Å². The first-order valence-electron chi connectivity index (χ1n) is 6.85. The summed E-state index contributed by atoms with van der Waals surface area (Å²) in [6, 6.07) is 1.66. The second kappa shape index (κ2) is 3.37. The summed E-state index contributed by atoms with van der Waals surface area (Å²) in [5.74, 6) is 1.47. The van der Waals surface area contributed by atoms with E-state index < -0.39 is 5.97 Å². The second-order valence-corrected chi connectivity index (χ2v) is 6.58. The first-order valence-corrected chi connectivity index (χ1v) is 6.85. The molecule has 4 bridgehead atoms. The fraction of sp³-hybridized carbons (Fsp3) is 0.714. The van der Waals surface area contributed by atoms with Crippen LogP contribution in [0.25, 0.3) is 0 Å². The summed E-state index contributed by atoms with van der Waals surface area (Å²) in [6.07, 6.45) is 7.69. The molecule has 4 saturated carbocycles. The fourth-order valence-electron chi connectivity index (χ4n) is 5.05. The Morgan fingerprint density at radius 3 is 2.22 bits per heavy atom. The maximum absolute atomic E-state index is 10.9. The van der Waals surface area contributed by atoms with Gasteiger partial charge >= 0.3 is 5.97 Å². The Hall–Kier alpha value is -1.32. The lowest BCUT2D eigenvalue weighted by Gasteiger charge is -2.56. The minimum absolute atomic E-state index is 0.0132. The van der Waals surface area contributed by atoms with Crippen molar-refractivity contribution in [3.05, 3.63) is 17.5 Å². The molecule has 4 nitrogen and oxygen atoms in total. The maximum atomic E-state index is 10.9. The van der Waals surface area contributed by atoms with Gasteiger partial charge in [-0.2, -0.15) is 0 Å².